The fourth-order valence-electron chi connectivity index (χ4n) is 7.30. The smallest absolute Gasteiger partial charge is 1.00 e. The number of allylic oxidation sites excluding steroid dienone is 4. The number of carbonyl (C=O) groups excluding carboxylic acids is 4. The van der Waals surface area contributed by atoms with Gasteiger partial charge < -0.3 is 131 Å². The van der Waals surface area contributed by atoms with Crippen molar-refractivity contribution in [1.82, 2.24) is 0 Å². The summed E-state index contributed by atoms with van der Waals surface area (Å²) in [5, 5.41) is 19.3. The summed E-state index contributed by atoms with van der Waals surface area (Å²) in [5.41, 5.74) is 2.67. The van der Waals surface area contributed by atoms with Crippen LogP contribution in [0.1, 0.15) is 30.5 Å². The fourth-order valence-corrected chi connectivity index (χ4v) is 8.50. The van der Waals surface area contributed by atoms with Gasteiger partial charge in [-0.1, -0.05) is 6.92 Å². The van der Waals surface area contributed by atoms with Crippen LogP contribution in [-0.4, -0.2) is 236 Å². The number of rotatable bonds is 34. The van der Waals surface area contributed by atoms with Crippen molar-refractivity contribution in [3.05, 3.63) is 76.4 Å². The number of carbonyl (C=O) groups is 4. The van der Waals surface area contributed by atoms with Gasteiger partial charge in [0.05, 0.1) is 160 Å². The molecule has 0 bridgehead atoms. The van der Waals surface area contributed by atoms with Crippen LogP contribution in [0.25, 0.3) is 0 Å². The van der Waals surface area contributed by atoms with E-state index in [1.54, 1.807) is 49.2 Å². The molecule has 0 saturated carbocycles. The summed E-state index contributed by atoms with van der Waals surface area (Å²) >= 11 is 9.70. The summed E-state index contributed by atoms with van der Waals surface area (Å²) in [4.78, 5) is 45.8. The van der Waals surface area contributed by atoms with Gasteiger partial charge in [0.15, 0.2) is 50.2 Å². The van der Waals surface area contributed by atoms with E-state index in [2.05, 4.69) is 53.9 Å². The first-order valence-electron chi connectivity index (χ1n) is 27.1. The number of benzene rings is 3. The third kappa shape index (κ3) is 26.5. The van der Waals surface area contributed by atoms with E-state index in [1.165, 1.54) is 77.2 Å². The second-order valence-electron chi connectivity index (χ2n) is 17.7. The van der Waals surface area contributed by atoms with E-state index in [-0.39, 0.29) is 141 Å². The molecule has 0 amide bonds. The zero-order valence-electron chi connectivity index (χ0n) is 56.3. The maximum atomic E-state index is 11.6. The third-order valence-electron chi connectivity index (χ3n) is 12.0. The topological polar surface area (TPSA) is 312 Å². The summed E-state index contributed by atoms with van der Waals surface area (Å²) in [6.07, 6.45) is 1.24. The molecule has 0 unspecified atom stereocenters. The molecular formula is C61H84Br4MgO28. The Labute approximate surface area is 600 Å². The van der Waals surface area contributed by atoms with E-state index in [0.29, 0.717) is 130 Å². The number of halogens is 4. The Hall–Kier alpha value is -5.53. The first-order valence-corrected chi connectivity index (χ1v) is 29.5. The fraction of sp³-hybridized carbons (Fsp3) is 0.508. The van der Waals surface area contributed by atoms with Crippen molar-refractivity contribution in [2.45, 2.75) is 34.6 Å². The number of hydrogen-bond acceptors (Lipinski definition) is 28. The molecule has 526 valence electrons. The van der Waals surface area contributed by atoms with Crippen LogP contribution in [-0.2, 0) is 76.0 Å². The van der Waals surface area contributed by atoms with Crippen molar-refractivity contribution >= 4 is 94.0 Å². The van der Waals surface area contributed by atoms with E-state index < -0.39 is 0 Å². The van der Waals surface area contributed by atoms with Gasteiger partial charge in [0.25, 0.3) is 0 Å². The van der Waals surface area contributed by atoms with Crippen LogP contribution in [0, 0.1) is 26.8 Å². The molecular weight excluding hydrogens is 1520 g/mol. The van der Waals surface area contributed by atoms with Crippen LogP contribution >= 0.6 is 47.8 Å². The molecule has 0 atom stereocenters. The van der Waals surface area contributed by atoms with Crippen LogP contribution in [0.2, 0.25) is 0 Å². The summed E-state index contributed by atoms with van der Waals surface area (Å²) in [5.74, 6) is 2.01. The Morgan fingerprint density at radius 1 is 0.383 bits per heavy atom. The number of aromatic hydroxyl groups is 2. The molecule has 33 heteroatoms. The van der Waals surface area contributed by atoms with Crippen LogP contribution in [0.5, 0.6) is 69.0 Å². The SMILES string of the molecule is COC1=C(OC)C(=O)C(Br)=C(C)C1=O.COC1=C(OC)C(=O)C(C)=CC1=O.COCCOCOc1[c-]c(C)c(OCOCCOC)c(OC)c1OC.COCCOCOc1c(C)c(Br)c(OCOCCOC)c(OC)c1OC.COc1c(O)c(C)c(Br)c(O)c1OC.[Br-].[Mg+2]. The molecule has 0 radical (unpaired) electrons. The summed E-state index contributed by atoms with van der Waals surface area (Å²) < 4.78 is 116. The number of ether oxygens (including phenoxy) is 22. The molecule has 3 aromatic rings. The molecule has 0 aromatic heterocycles. The van der Waals surface area contributed by atoms with Crippen molar-refractivity contribution in [1.29, 1.82) is 0 Å². The zero-order chi connectivity index (χ0) is 69.6. The quantitative estimate of drug-likeness (QED) is 0.0191. The molecule has 2 aliphatic rings. The van der Waals surface area contributed by atoms with Crippen LogP contribution < -0.4 is 64.4 Å². The minimum atomic E-state index is -0.374. The molecule has 0 fully saturated rings. The number of ketones is 4. The predicted molar refractivity (Wildman–Crippen MR) is 347 cm³/mol. The first-order chi connectivity index (χ1) is 44.0. The Bertz CT molecular complexity index is 2890. The Morgan fingerprint density at radius 3 is 1.16 bits per heavy atom. The number of hydrogen-bond donors (Lipinski definition) is 2. The molecule has 94 heavy (non-hydrogen) atoms. The largest absolute Gasteiger partial charge is 2.00 e. The number of phenolic OH excluding ortho intramolecular Hbond substituents is 2. The second kappa shape index (κ2) is 49.9. The number of Topliss-reactive ketones (excluding diaryl/α,β-unsaturated/α-hetero) is 3. The van der Waals surface area contributed by atoms with Gasteiger partial charge in [0.2, 0.25) is 69.2 Å². The predicted octanol–water partition coefficient (Wildman–Crippen LogP) is 5.29. The number of aryl methyl sites for hydroxylation is 1. The minimum Gasteiger partial charge on any atom is -1.00 e. The van der Waals surface area contributed by atoms with Crippen molar-refractivity contribution in [3.63, 3.8) is 0 Å². The van der Waals surface area contributed by atoms with Crippen molar-refractivity contribution in [2.75, 3.05) is 180 Å². The molecule has 0 heterocycles. The standard InChI is InChI=1S/C17H27BrO8.C17H27O8.C9H11BrO4.C9H9BrO4.C9H10O4.BrH.Mg/c1-12-13(18)15(26-11-24-9-7-20-3)17(22-5)16(21-4)14(12)25-10-23-8-6-19-2;1-13-10-14(24-11-22-8-6-18-2)16(20-4)17(21-5)15(13)25-12-23-9-7-19-3;2*1-4-5(10)7(12)9(14-3)8(13-2)6(4)11;1-5-4-6(10)8(12-2)9(13-3)7(5)11;;/h6-11H2,1-5H3;6-9,11-12H2,1-5H3;11-12H,1-3H3;1-3H3;4H,1-3H3;1H;/q;-1;;;;;+2/p-1. The zero-order valence-corrected chi connectivity index (χ0v) is 64.0. The van der Waals surface area contributed by atoms with Crippen molar-refractivity contribution < 1.29 is 151 Å². The first kappa shape index (κ1) is 90.5. The van der Waals surface area contributed by atoms with Gasteiger partial charge in [-0.25, -0.2) is 0 Å². The number of phenols is 2. The van der Waals surface area contributed by atoms with Crippen LogP contribution in [0.15, 0.2) is 53.7 Å². The van der Waals surface area contributed by atoms with Crippen molar-refractivity contribution in [2.24, 2.45) is 0 Å². The van der Waals surface area contributed by atoms with Gasteiger partial charge in [-0.3, -0.25) is 19.2 Å². The Kier molecular flexibility index (Phi) is 48.1. The molecule has 0 aliphatic heterocycles. The Balaban J connectivity index is 0. The molecule has 0 saturated heterocycles. The molecule has 28 nitrogen and oxygen atoms in total. The average Bonchev–Trinajstić information content (AvgIpc) is 0.826. The minimum absolute atomic E-state index is 0. The van der Waals surface area contributed by atoms with Gasteiger partial charge in [0, 0.05) is 50.7 Å². The van der Waals surface area contributed by atoms with E-state index in [4.69, 9.17) is 104 Å². The van der Waals surface area contributed by atoms with E-state index in [9.17, 15) is 29.4 Å². The molecule has 2 N–H and O–H groups in total. The molecule has 0 spiro atoms. The maximum absolute atomic E-state index is 11.6. The van der Waals surface area contributed by atoms with Gasteiger partial charge in [-0.2, -0.15) is 0 Å². The van der Waals surface area contributed by atoms with Gasteiger partial charge in [-0.15, -0.1) is 11.6 Å². The summed E-state index contributed by atoms with van der Waals surface area (Å²) in [6.45, 7) is 12.3. The average molecular weight is 1610 g/mol. The third-order valence-corrected chi connectivity index (χ3v) is 14.9. The summed E-state index contributed by atoms with van der Waals surface area (Å²) in [6, 6.07) is 3.07. The van der Waals surface area contributed by atoms with Gasteiger partial charge in [0.1, 0.15) is 0 Å². The van der Waals surface area contributed by atoms with Crippen molar-refractivity contribution in [3.8, 4) is 69.0 Å². The van der Waals surface area contributed by atoms with Crippen LogP contribution in [0.4, 0.5) is 0 Å². The van der Waals surface area contributed by atoms with Gasteiger partial charge >= 0.3 is 23.1 Å². The monoisotopic (exact) mass is 1600 g/mol. The molecule has 5 rings (SSSR count). The molecule has 3 aromatic carbocycles. The van der Waals surface area contributed by atoms with E-state index >= 15 is 0 Å². The number of methoxy groups -OCH3 is 14. The van der Waals surface area contributed by atoms with Crippen LogP contribution in [0.3, 0.4) is 0 Å². The summed E-state index contributed by atoms with van der Waals surface area (Å²) in [7, 11) is 20.6. The molecule has 2 aliphatic carbocycles. The van der Waals surface area contributed by atoms with E-state index in [0.717, 1.165) is 5.56 Å². The van der Waals surface area contributed by atoms with Gasteiger partial charge in [-0.05, 0) is 81.6 Å². The second-order valence-corrected chi connectivity index (χ2v) is 20.1. The maximum Gasteiger partial charge on any atom is 2.00 e. The normalized spacial score (nSPS) is 12.3. The Morgan fingerprint density at radius 2 is 0.745 bits per heavy atom. The van der Waals surface area contributed by atoms with E-state index in [1.807, 2.05) is 13.8 Å².